The smallest absolute Gasteiger partial charge is 0.150 e. The summed E-state index contributed by atoms with van der Waals surface area (Å²) >= 11 is 0. The molecule has 0 bridgehead atoms. The maximum atomic E-state index is 6.36. The van der Waals surface area contributed by atoms with Gasteiger partial charge in [-0.1, -0.05) is 44.2 Å². The number of allylic oxidation sites excluding steroid dienone is 6. The summed E-state index contributed by atoms with van der Waals surface area (Å²) in [6.07, 6.45) is 25.1. The van der Waals surface area contributed by atoms with Crippen molar-refractivity contribution in [2.75, 3.05) is 18.8 Å². The van der Waals surface area contributed by atoms with Crippen LogP contribution in [0.4, 0.5) is 5.82 Å². The van der Waals surface area contributed by atoms with Gasteiger partial charge in [0.05, 0.1) is 12.0 Å². The molecule has 0 saturated heterocycles. The highest BCUT2D eigenvalue weighted by Crippen LogP contribution is 2.29. The Labute approximate surface area is 226 Å². The van der Waals surface area contributed by atoms with Crippen LogP contribution >= 0.6 is 0 Å². The molecule has 1 aliphatic rings. The van der Waals surface area contributed by atoms with Gasteiger partial charge in [-0.3, -0.25) is 4.40 Å². The molecular formula is C30H42N8. The summed E-state index contributed by atoms with van der Waals surface area (Å²) in [5, 5.41) is 7.22. The highest BCUT2D eigenvalue weighted by atomic mass is 15.1. The minimum atomic E-state index is 0.506. The Hall–Kier alpha value is -3.65. The molecule has 4 N–H and O–H groups in total. The number of rotatable bonds is 15. The molecule has 0 aromatic carbocycles. The highest BCUT2D eigenvalue weighted by molar-refractivity contribution is 5.83. The predicted molar refractivity (Wildman–Crippen MR) is 156 cm³/mol. The summed E-state index contributed by atoms with van der Waals surface area (Å²) in [6, 6.07) is 0. The van der Waals surface area contributed by atoms with E-state index in [2.05, 4.69) is 62.1 Å². The van der Waals surface area contributed by atoms with E-state index in [0.29, 0.717) is 11.7 Å². The third-order valence-electron chi connectivity index (χ3n) is 7.15. The van der Waals surface area contributed by atoms with Crippen LogP contribution in [0.5, 0.6) is 0 Å². The number of nitrogens with two attached hydrogens (primary N) is 1. The topological polar surface area (TPSA) is 98.1 Å². The second-order valence-corrected chi connectivity index (χ2v) is 10.0. The first-order chi connectivity index (χ1) is 18.6. The third kappa shape index (κ3) is 7.01. The average molecular weight is 515 g/mol. The van der Waals surface area contributed by atoms with Gasteiger partial charge in [0, 0.05) is 43.4 Å². The van der Waals surface area contributed by atoms with Gasteiger partial charge in [0.2, 0.25) is 0 Å². The maximum absolute atomic E-state index is 6.36. The molecule has 0 radical (unpaired) electrons. The molecular weight excluding hydrogens is 472 g/mol. The minimum Gasteiger partial charge on any atom is -0.382 e. The molecule has 4 heterocycles. The number of hydrogen-bond donors (Lipinski definition) is 3. The van der Waals surface area contributed by atoms with Gasteiger partial charge in [0.1, 0.15) is 22.9 Å². The van der Waals surface area contributed by atoms with Crippen molar-refractivity contribution in [3.05, 3.63) is 84.8 Å². The zero-order valence-electron chi connectivity index (χ0n) is 22.9. The summed E-state index contributed by atoms with van der Waals surface area (Å²) in [5.41, 5.74) is 11.5. The van der Waals surface area contributed by atoms with Gasteiger partial charge >= 0.3 is 0 Å². The number of nitrogens with zero attached hydrogens (tertiary/aromatic N) is 5. The zero-order chi connectivity index (χ0) is 26.7. The number of nitrogens with one attached hydrogen (secondary N) is 2. The molecule has 0 unspecified atom stereocenters. The van der Waals surface area contributed by atoms with E-state index in [1.807, 2.05) is 31.0 Å². The van der Waals surface area contributed by atoms with Gasteiger partial charge in [-0.15, -0.1) is 0 Å². The van der Waals surface area contributed by atoms with Crippen LogP contribution < -0.4 is 16.4 Å². The number of aromatic nitrogens is 5. The molecule has 38 heavy (non-hydrogen) atoms. The first-order valence-electron chi connectivity index (χ1n) is 13.8. The Bertz CT molecular complexity index is 1280. The molecule has 0 amide bonds. The highest BCUT2D eigenvalue weighted by Gasteiger charge is 2.20. The molecule has 0 saturated carbocycles. The first-order valence-corrected chi connectivity index (χ1v) is 13.8. The number of imidazole rings is 2. The molecule has 3 aromatic heterocycles. The van der Waals surface area contributed by atoms with Gasteiger partial charge in [0.25, 0.3) is 0 Å². The van der Waals surface area contributed by atoms with E-state index in [-0.39, 0.29) is 0 Å². The lowest BCUT2D eigenvalue weighted by molar-refractivity contribution is 0.398. The van der Waals surface area contributed by atoms with Crippen molar-refractivity contribution in [3.63, 3.8) is 0 Å². The van der Waals surface area contributed by atoms with Crippen molar-refractivity contribution in [2.24, 2.45) is 5.92 Å². The maximum Gasteiger partial charge on any atom is 0.150 e. The van der Waals surface area contributed by atoms with Crippen molar-refractivity contribution in [1.29, 1.82) is 0 Å². The molecule has 202 valence electrons. The van der Waals surface area contributed by atoms with Gasteiger partial charge in [0.15, 0.2) is 0 Å². The van der Waals surface area contributed by atoms with Crippen LogP contribution in [0.15, 0.2) is 73.3 Å². The second kappa shape index (κ2) is 13.8. The number of nitrogen functional groups attached to an aromatic ring is 1. The molecule has 8 heteroatoms. The zero-order valence-corrected chi connectivity index (χ0v) is 22.9. The van der Waals surface area contributed by atoms with Crippen LogP contribution in [0, 0.1) is 5.92 Å². The lowest BCUT2D eigenvalue weighted by Gasteiger charge is -2.18. The molecule has 3 aromatic rings. The molecule has 4 rings (SSSR count). The summed E-state index contributed by atoms with van der Waals surface area (Å²) in [6.45, 7) is 11.2. The quantitative estimate of drug-likeness (QED) is 0.189. The molecule has 0 fully saturated rings. The number of aryl methyl sites for hydroxylation is 2. The summed E-state index contributed by atoms with van der Waals surface area (Å²) in [7, 11) is 0. The van der Waals surface area contributed by atoms with Crippen molar-refractivity contribution in [3.8, 4) is 0 Å². The predicted octanol–water partition coefficient (Wildman–Crippen LogP) is 5.28. The van der Waals surface area contributed by atoms with Gasteiger partial charge in [-0.05, 0) is 63.6 Å². The second-order valence-electron chi connectivity index (χ2n) is 10.0. The monoisotopic (exact) mass is 514 g/mol. The van der Waals surface area contributed by atoms with Crippen LogP contribution in [0.25, 0.3) is 11.2 Å². The van der Waals surface area contributed by atoms with E-state index >= 15 is 0 Å². The number of dihydropyridines is 1. The largest absolute Gasteiger partial charge is 0.382 e. The van der Waals surface area contributed by atoms with Crippen LogP contribution in [0.3, 0.4) is 0 Å². The molecule has 1 aliphatic heterocycles. The van der Waals surface area contributed by atoms with Crippen LogP contribution in [0.2, 0.25) is 0 Å². The van der Waals surface area contributed by atoms with E-state index in [1.54, 1.807) is 12.3 Å². The first kappa shape index (κ1) is 27.4. The Kier molecular flexibility index (Phi) is 9.92. The SMILES string of the molecule is C=C/C=C\C1=C(C)NC(c2nc(CCC[C@@H](CCC)CNCCCn3ccnc3)n3ccnc(N)c23)=CC1. The average Bonchev–Trinajstić information content (AvgIpc) is 3.57. The van der Waals surface area contributed by atoms with E-state index in [4.69, 9.17) is 10.7 Å². The number of hydrogen-bond acceptors (Lipinski definition) is 6. The van der Waals surface area contributed by atoms with Gasteiger partial charge < -0.3 is 20.9 Å². The van der Waals surface area contributed by atoms with Crippen molar-refractivity contribution >= 4 is 17.0 Å². The Morgan fingerprint density at radius 2 is 2.13 bits per heavy atom. The minimum absolute atomic E-state index is 0.506. The molecule has 0 aliphatic carbocycles. The fourth-order valence-corrected chi connectivity index (χ4v) is 5.14. The van der Waals surface area contributed by atoms with Crippen LogP contribution in [-0.4, -0.2) is 37.0 Å². The standard InChI is InChI=1S/C30H42N8/c1-4-6-11-25-13-14-26(35-23(25)3)28-29-30(31)34-17-20-38(29)27(36-28)12-7-10-24(9-5-2)21-32-15-8-18-37-19-16-33-22-37/h4,6,11,14,16-17,19-20,22,24,32,35H,1,5,7-10,12-13,15,18,21H2,2-3H3,(H2,31,34)/b11-6-/t24-/m1/s1. The van der Waals surface area contributed by atoms with E-state index < -0.39 is 0 Å². The lowest BCUT2D eigenvalue weighted by Crippen LogP contribution is -2.24. The van der Waals surface area contributed by atoms with Gasteiger partial charge in [-0.2, -0.15) is 0 Å². The molecule has 0 spiro atoms. The van der Waals surface area contributed by atoms with Crippen LogP contribution in [0.1, 0.15) is 63.9 Å². The third-order valence-corrected chi connectivity index (χ3v) is 7.15. The fraction of sp³-hybridized carbons (Fsp3) is 0.433. The fourth-order valence-electron chi connectivity index (χ4n) is 5.14. The Morgan fingerprint density at radius 3 is 2.89 bits per heavy atom. The normalized spacial score (nSPS) is 14.7. The number of anilines is 1. The molecule has 8 nitrogen and oxygen atoms in total. The van der Waals surface area contributed by atoms with Crippen molar-refractivity contribution in [1.82, 2.24) is 34.6 Å². The summed E-state index contributed by atoms with van der Waals surface area (Å²) < 4.78 is 4.25. The van der Waals surface area contributed by atoms with Crippen molar-refractivity contribution < 1.29 is 0 Å². The van der Waals surface area contributed by atoms with Gasteiger partial charge in [-0.25, -0.2) is 15.0 Å². The van der Waals surface area contributed by atoms with E-state index in [1.165, 1.54) is 24.8 Å². The van der Waals surface area contributed by atoms with E-state index in [0.717, 1.165) is 73.7 Å². The summed E-state index contributed by atoms with van der Waals surface area (Å²) in [4.78, 5) is 13.6. The number of fused-ring (bicyclic) bond motifs is 1. The lowest BCUT2D eigenvalue weighted by atomic mass is 9.96. The van der Waals surface area contributed by atoms with Crippen molar-refractivity contribution in [2.45, 2.75) is 65.3 Å². The van der Waals surface area contributed by atoms with E-state index in [9.17, 15) is 0 Å². The van der Waals surface area contributed by atoms with Crippen LogP contribution in [-0.2, 0) is 13.0 Å². The summed E-state index contributed by atoms with van der Waals surface area (Å²) in [5.74, 6) is 2.21. The Balaban J connectivity index is 1.37. The Morgan fingerprint density at radius 1 is 1.24 bits per heavy atom. The molecule has 1 atom stereocenters.